The molecule has 0 aliphatic rings. The summed E-state index contributed by atoms with van der Waals surface area (Å²) in [6.45, 7) is 1.95. The quantitative estimate of drug-likeness (QED) is 0.344. The number of benzene rings is 2. The maximum atomic E-state index is 12.2. The van der Waals surface area contributed by atoms with E-state index in [1.807, 2.05) is 37.3 Å². The van der Waals surface area contributed by atoms with Gasteiger partial charge in [0.25, 0.3) is 5.91 Å². The Kier molecular flexibility index (Phi) is 7.49. The normalized spacial score (nSPS) is 11.4. The van der Waals surface area contributed by atoms with E-state index in [1.165, 1.54) is 17.0 Å². The number of phenolic OH excluding ortho intramolecular Hbond substituents is 1. The molecule has 0 fully saturated rings. The van der Waals surface area contributed by atoms with Gasteiger partial charge in [0, 0.05) is 14.1 Å². The number of anilines is 2. The van der Waals surface area contributed by atoms with Gasteiger partial charge in [-0.15, -0.1) is 0 Å². The SMILES string of the molecule is CC[C@@H]([N-]c1c(Nc2cccc(C(=O)N(C)C)c2O)c(=O)c1=O)c1ccccc1.[Li+]. The fourth-order valence-electron chi connectivity index (χ4n) is 3.04. The summed E-state index contributed by atoms with van der Waals surface area (Å²) in [4.78, 5) is 37.8. The van der Waals surface area contributed by atoms with Gasteiger partial charge < -0.3 is 20.6 Å². The molecule has 1 atom stereocenters. The summed E-state index contributed by atoms with van der Waals surface area (Å²) in [7, 11) is 3.15. The molecule has 30 heavy (non-hydrogen) atoms. The molecule has 0 heterocycles. The van der Waals surface area contributed by atoms with Gasteiger partial charge in [0.15, 0.2) is 5.75 Å². The standard InChI is InChI=1S/C22H23N3O4.Li/c1-4-15(13-9-6-5-7-10-13)23-17-18(21(28)20(17)27)24-16-12-8-11-14(19(16)26)22(29)25(2)3;/h5-12,15H,4H2,1-3H3,(H3,23,24,26,27,28,29);/q;+1/p-1/t15-;/m1./s1. The van der Waals surface area contributed by atoms with Crippen molar-refractivity contribution in [1.82, 2.24) is 4.90 Å². The van der Waals surface area contributed by atoms with Crippen LogP contribution in [0.1, 0.15) is 35.3 Å². The summed E-state index contributed by atoms with van der Waals surface area (Å²) < 4.78 is 0. The maximum absolute atomic E-state index is 12.2. The van der Waals surface area contributed by atoms with Crippen LogP contribution in [0.25, 0.3) is 5.32 Å². The molecule has 0 unspecified atom stereocenters. The maximum Gasteiger partial charge on any atom is 1.00 e. The van der Waals surface area contributed by atoms with Crippen LogP contribution in [0, 0.1) is 0 Å². The van der Waals surface area contributed by atoms with E-state index in [0.29, 0.717) is 6.42 Å². The van der Waals surface area contributed by atoms with Gasteiger partial charge in [-0.05, 0) is 12.1 Å². The third kappa shape index (κ3) is 4.43. The number of para-hydroxylation sites is 1. The molecule has 0 saturated heterocycles. The number of carbonyl (C=O) groups excluding carboxylic acids is 1. The Hall–Kier alpha value is -3.01. The molecule has 8 heteroatoms. The van der Waals surface area contributed by atoms with E-state index >= 15 is 0 Å². The van der Waals surface area contributed by atoms with Crippen LogP contribution in [-0.2, 0) is 0 Å². The summed E-state index contributed by atoms with van der Waals surface area (Å²) in [5, 5.41) is 17.7. The molecular formula is C22H22LiN3O4. The van der Waals surface area contributed by atoms with Crippen molar-refractivity contribution in [1.29, 1.82) is 0 Å². The van der Waals surface area contributed by atoms with Gasteiger partial charge in [-0.25, -0.2) is 0 Å². The number of phenols is 1. The summed E-state index contributed by atoms with van der Waals surface area (Å²) in [6, 6.07) is 13.8. The molecular weight excluding hydrogens is 377 g/mol. The van der Waals surface area contributed by atoms with E-state index in [4.69, 9.17) is 0 Å². The monoisotopic (exact) mass is 399 g/mol. The minimum atomic E-state index is -0.699. The minimum Gasteiger partial charge on any atom is -0.673 e. The van der Waals surface area contributed by atoms with E-state index < -0.39 is 10.9 Å². The molecule has 0 radical (unpaired) electrons. The van der Waals surface area contributed by atoms with Gasteiger partial charge in [0.2, 0.25) is 10.9 Å². The van der Waals surface area contributed by atoms with Gasteiger partial charge in [-0.3, -0.25) is 14.4 Å². The van der Waals surface area contributed by atoms with Crippen LogP contribution in [0.15, 0.2) is 58.1 Å². The Labute approximate surface area is 186 Å². The number of aromatic hydroxyl groups is 1. The van der Waals surface area contributed by atoms with E-state index in [1.54, 1.807) is 20.2 Å². The number of hydrogen-bond acceptors (Lipinski definition) is 5. The molecule has 0 saturated carbocycles. The molecule has 3 aromatic carbocycles. The van der Waals surface area contributed by atoms with Crippen LogP contribution in [-0.4, -0.2) is 30.0 Å². The molecule has 2 N–H and O–H groups in total. The van der Waals surface area contributed by atoms with Crippen LogP contribution in [0.2, 0.25) is 0 Å². The second kappa shape index (κ2) is 9.66. The fraction of sp³-hybridized carbons (Fsp3) is 0.227. The van der Waals surface area contributed by atoms with Crippen molar-refractivity contribution in [3.63, 3.8) is 0 Å². The first-order chi connectivity index (χ1) is 13.8. The molecule has 0 bridgehead atoms. The number of carbonyl (C=O) groups is 1. The summed E-state index contributed by atoms with van der Waals surface area (Å²) in [5.74, 6) is -0.670. The predicted octanol–water partition coefficient (Wildman–Crippen LogP) is 0.594. The van der Waals surface area contributed by atoms with Gasteiger partial charge in [0.05, 0.1) is 16.9 Å². The second-order valence-electron chi connectivity index (χ2n) is 6.87. The zero-order valence-corrected chi connectivity index (χ0v) is 17.5. The Morgan fingerprint density at radius 3 is 2.33 bits per heavy atom. The van der Waals surface area contributed by atoms with E-state index in [9.17, 15) is 19.5 Å². The van der Waals surface area contributed by atoms with Crippen molar-refractivity contribution >= 4 is 23.0 Å². The first kappa shape index (κ1) is 23.3. The fourth-order valence-corrected chi connectivity index (χ4v) is 3.04. The van der Waals surface area contributed by atoms with Gasteiger partial charge >= 0.3 is 18.9 Å². The number of amides is 1. The van der Waals surface area contributed by atoms with E-state index in [-0.39, 0.29) is 59.2 Å². The van der Waals surface area contributed by atoms with Crippen LogP contribution in [0.3, 0.4) is 0 Å². The van der Waals surface area contributed by atoms with Crippen molar-refractivity contribution in [3.8, 4) is 5.75 Å². The van der Waals surface area contributed by atoms with E-state index in [0.717, 1.165) is 5.56 Å². The molecule has 3 aromatic rings. The number of hydrogen-bond donors (Lipinski definition) is 2. The molecule has 0 spiro atoms. The van der Waals surface area contributed by atoms with Crippen molar-refractivity contribution in [3.05, 3.63) is 85.4 Å². The summed E-state index contributed by atoms with van der Waals surface area (Å²) in [6.07, 6.45) is 0.653. The molecule has 150 valence electrons. The number of rotatable bonds is 7. The van der Waals surface area contributed by atoms with Crippen molar-refractivity contribution < 1.29 is 28.8 Å². The van der Waals surface area contributed by atoms with Gasteiger partial charge in [0.1, 0.15) is 0 Å². The first-order valence-electron chi connectivity index (χ1n) is 9.24. The Balaban J connectivity index is 0.00000320. The average molecular weight is 399 g/mol. The zero-order valence-electron chi connectivity index (χ0n) is 17.5. The van der Waals surface area contributed by atoms with E-state index in [2.05, 4.69) is 10.6 Å². The van der Waals surface area contributed by atoms with Crippen molar-refractivity contribution in [2.75, 3.05) is 19.4 Å². The Bertz CT molecular complexity index is 1110. The Morgan fingerprint density at radius 1 is 1.07 bits per heavy atom. The third-order valence-electron chi connectivity index (χ3n) is 4.67. The third-order valence-corrected chi connectivity index (χ3v) is 4.67. The Morgan fingerprint density at radius 2 is 1.73 bits per heavy atom. The van der Waals surface area contributed by atoms with Gasteiger partial charge in [-0.2, -0.15) is 0 Å². The molecule has 0 aliphatic heterocycles. The van der Waals surface area contributed by atoms with Gasteiger partial charge in [-0.1, -0.05) is 67.0 Å². The minimum absolute atomic E-state index is 0. The average Bonchev–Trinajstić information content (AvgIpc) is 2.74. The zero-order chi connectivity index (χ0) is 21.1. The van der Waals surface area contributed by atoms with Crippen LogP contribution in [0.5, 0.6) is 5.75 Å². The molecule has 0 aliphatic carbocycles. The molecule has 7 nitrogen and oxygen atoms in total. The second-order valence-corrected chi connectivity index (χ2v) is 6.87. The first-order valence-corrected chi connectivity index (χ1v) is 9.24. The van der Waals surface area contributed by atoms with Crippen molar-refractivity contribution in [2.24, 2.45) is 0 Å². The van der Waals surface area contributed by atoms with Crippen molar-refractivity contribution in [2.45, 2.75) is 19.4 Å². The van der Waals surface area contributed by atoms with Crippen LogP contribution in [0.4, 0.5) is 17.1 Å². The smallest absolute Gasteiger partial charge is 0.673 e. The largest absolute Gasteiger partial charge is 1.00 e. The van der Waals surface area contributed by atoms with Crippen LogP contribution < -0.4 is 35.0 Å². The molecule has 0 aromatic heterocycles. The predicted molar refractivity (Wildman–Crippen MR) is 113 cm³/mol. The summed E-state index contributed by atoms with van der Waals surface area (Å²) in [5.41, 5.74) is -0.0989. The molecule has 3 rings (SSSR count). The number of nitrogens with one attached hydrogen (secondary N) is 1. The molecule has 1 amide bonds. The summed E-state index contributed by atoms with van der Waals surface area (Å²) >= 11 is 0. The van der Waals surface area contributed by atoms with Crippen LogP contribution >= 0.6 is 0 Å². The number of nitrogens with zero attached hydrogens (tertiary/aromatic N) is 2. The topological polar surface area (TPSA) is 101 Å².